The third kappa shape index (κ3) is 4.65. The molecule has 0 atom stereocenters. The molecule has 1 N–H and O–H groups in total. The number of hydrogen-bond acceptors (Lipinski definition) is 6. The van der Waals surface area contributed by atoms with E-state index in [1.54, 1.807) is 31.2 Å². The van der Waals surface area contributed by atoms with E-state index in [4.69, 9.17) is 4.74 Å². The Morgan fingerprint density at radius 2 is 1.66 bits per heavy atom. The fourth-order valence-corrected chi connectivity index (χ4v) is 3.76. The van der Waals surface area contributed by atoms with E-state index in [-0.39, 0.29) is 29.2 Å². The van der Waals surface area contributed by atoms with Crippen LogP contribution in [0, 0.1) is 10.1 Å². The molecule has 0 aliphatic heterocycles. The molecule has 35 heavy (non-hydrogen) atoms. The second-order valence-electron chi connectivity index (χ2n) is 7.55. The summed E-state index contributed by atoms with van der Waals surface area (Å²) >= 11 is 0. The lowest BCUT2D eigenvalue weighted by Crippen LogP contribution is -2.32. The summed E-state index contributed by atoms with van der Waals surface area (Å²) in [7, 11) is 1.39. The van der Waals surface area contributed by atoms with E-state index >= 15 is 0 Å². The second-order valence-corrected chi connectivity index (χ2v) is 7.55. The molecule has 9 heteroatoms. The van der Waals surface area contributed by atoms with Crippen molar-refractivity contribution in [1.82, 2.24) is 9.78 Å². The van der Waals surface area contributed by atoms with Crippen LogP contribution in [0.2, 0.25) is 0 Å². The van der Waals surface area contributed by atoms with Crippen molar-refractivity contribution in [3.8, 4) is 28.1 Å². The number of nitrogens with zero attached hydrogens (tertiary/aromatic N) is 3. The molecule has 0 aliphatic rings. The zero-order chi connectivity index (χ0) is 24.9. The molecule has 3 aromatic carbocycles. The summed E-state index contributed by atoms with van der Waals surface area (Å²) in [6.07, 6.45) is 0. The molecule has 0 unspecified atom stereocenters. The monoisotopic (exact) mass is 470 g/mol. The summed E-state index contributed by atoms with van der Waals surface area (Å²) in [6, 6.07) is 22.3. The highest BCUT2D eigenvalue weighted by molar-refractivity contribution is 6.11. The fourth-order valence-electron chi connectivity index (χ4n) is 3.76. The summed E-state index contributed by atoms with van der Waals surface area (Å²) in [5.41, 5.74) is 0.976. The summed E-state index contributed by atoms with van der Waals surface area (Å²) in [5.74, 6) is -0.507. The van der Waals surface area contributed by atoms with Gasteiger partial charge in [0, 0.05) is 17.7 Å². The lowest BCUT2D eigenvalue weighted by Gasteiger charge is -2.17. The predicted molar refractivity (Wildman–Crippen MR) is 133 cm³/mol. The van der Waals surface area contributed by atoms with Crippen molar-refractivity contribution < 1.29 is 14.5 Å². The van der Waals surface area contributed by atoms with Crippen LogP contribution in [0.15, 0.2) is 83.7 Å². The number of ether oxygens (including phenoxy) is 1. The number of nitro groups is 1. The molecule has 0 radical (unpaired) electrons. The van der Waals surface area contributed by atoms with Crippen molar-refractivity contribution in [2.24, 2.45) is 0 Å². The van der Waals surface area contributed by atoms with Crippen LogP contribution in [0.25, 0.3) is 22.4 Å². The minimum atomic E-state index is -0.774. The number of carbonyl (C=O) groups is 1. The van der Waals surface area contributed by atoms with Crippen molar-refractivity contribution in [3.05, 3.63) is 105 Å². The maximum Gasteiger partial charge on any atom is 0.296 e. The number of nitro benzene ring substituents is 1. The normalized spacial score (nSPS) is 10.6. The topological polar surface area (TPSA) is 116 Å². The van der Waals surface area contributed by atoms with Gasteiger partial charge in [0.2, 0.25) is 0 Å². The number of benzene rings is 3. The first kappa shape index (κ1) is 23.4. The van der Waals surface area contributed by atoms with E-state index in [2.05, 4.69) is 10.4 Å². The van der Waals surface area contributed by atoms with Crippen LogP contribution in [0.4, 0.5) is 11.4 Å². The molecule has 0 saturated heterocycles. The third-order valence-electron chi connectivity index (χ3n) is 5.44. The quantitative estimate of drug-likeness (QED) is 0.307. The number of hydrogen-bond donors (Lipinski definition) is 1. The molecule has 0 spiro atoms. The van der Waals surface area contributed by atoms with Gasteiger partial charge in [-0.05, 0) is 24.6 Å². The van der Waals surface area contributed by atoms with Crippen molar-refractivity contribution in [2.45, 2.75) is 13.5 Å². The minimum absolute atomic E-state index is 0.0552. The molecule has 0 bridgehead atoms. The van der Waals surface area contributed by atoms with Gasteiger partial charge in [-0.1, -0.05) is 60.7 Å². The van der Waals surface area contributed by atoms with Crippen LogP contribution >= 0.6 is 0 Å². The molecule has 1 heterocycles. The number of nitrogens with one attached hydrogen (secondary N) is 1. The smallest absolute Gasteiger partial charge is 0.296 e. The second kappa shape index (κ2) is 10.0. The van der Waals surface area contributed by atoms with Crippen molar-refractivity contribution >= 4 is 17.3 Å². The van der Waals surface area contributed by atoms with E-state index in [9.17, 15) is 19.7 Å². The van der Waals surface area contributed by atoms with Crippen LogP contribution in [-0.4, -0.2) is 27.7 Å². The number of rotatable bonds is 7. The van der Waals surface area contributed by atoms with E-state index in [1.165, 1.54) is 30.0 Å². The molecule has 1 aromatic heterocycles. The molecule has 0 aliphatic carbocycles. The lowest BCUT2D eigenvalue weighted by atomic mass is 9.95. The van der Waals surface area contributed by atoms with Crippen molar-refractivity contribution in [3.63, 3.8) is 0 Å². The van der Waals surface area contributed by atoms with E-state index < -0.39 is 16.4 Å². The number of carbonyl (C=O) groups excluding carboxylic acids is 1. The van der Waals surface area contributed by atoms with E-state index in [1.807, 2.05) is 36.4 Å². The Hall–Kier alpha value is -4.79. The summed E-state index contributed by atoms with van der Waals surface area (Å²) in [6.45, 7) is 1.98. The Balaban J connectivity index is 1.96. The average Bonchev–Trinajstić information content (AvgIpc) is 2.89. The number of amides is 1. The molecule has 176 valence electrons. The van der Waals surface area contributed by atoms with Gasteiger partial charge < -0.3 is 10.1 Å². The van der Waals surface area contributed by atoms with Gasteiger partial charge in [-0.2, -0.15) is 5.10 Å². The van der Waals surface area contributed by atoms with Gasteiger partial charge in [0.05, 0.1) is 23.8 Å². The Labute approximate surface area is 200 Å². The Morgan fingerprint density at radius 1 is 1.03 bits per heavy atom. The van der Waals surface area contributed by atoms with Crippen LogP contribution < -0.4 is 15.6 Å². The first-order valence-electron chi connectivity index (χ1n) is 10.8. The molecule has 0 fully saturated rings. The van der Waals surface area contributed by atoms with Gasteiger partial charge in [0.25, 0.3) is 17.2 Å². The molecule has 4 rings (SSSR count). The minimum Gasteiger partial charge on any atom is -0.496 e. The molecular formula is C26H22N4O5. The van der Waals surface area contributed by atoms with Crippen molar-refractivity contribution in [1.29, 1.82) is 0 Å². The van der Waals surface area contributed by atoms with Crippen LogP contribution in [-0.2, 0) is 6.54 Å². The molecule has 4 aromatic rings. The van der Waals surface area contributed by atoms with Gasteiger partial charge in [-0.15, -0.1) is 0 Å². The highest BCUT2D eigenvalue weighted by Gasteiger charge is 2.27. The Morgan fingerprint density at radius 3 is 2.23 bits per heavy atom. The summed E-state index contributed by atoms with van der Waals surface area (Å²) in [5, 5.41) is 18.7. The zero-order valence-corrected chi connectivity index (χ0v) is 19.1. The Bertz CT molecular complexity index is 1450. The molecule has 1 amide bonds. The van der Waals surface area contributed by atoms with Gasteiger partial charge in [-0.3, -0.25) is 19.7 Å². The Kier molecular flexibility index (Phi) is 6.68. The average molecular weight is 470 g/mol. The maximum atomic E-state index is 13.6. The van der Waals surface area contributed by atoms with Gasteiger partial charge in [-0.25, -0.2) is 4.68 Å². The standard InChI is InChI=1S/C26H22N4O5/c1-3-29-26(32)23(25(31)27-20-15-14-19(35-2)16-21(20)30(33)34)22(17-10-6-4-7-11-17)24(28-29)18-12-8-5-9-13-18/h4-16H,3H2,1-2H3,(H,27,31). The number of methoxy groups -OCH3 is 1. The highest BCUT2D eigenvalue weighted by Crippen LogP contribution is 2.34. The zero-order valence-electron chi connectivity index (χ0n) is 19.1. The molecule has 9 nitrogen and oxygen atoms in total. The van der Waals surface area contributed by atoms with Crippen LogP contribution in [0.5, 0.6) is 5.75 Å². The van der Waals surface area contributed by atoms with E-state index in [0.717, 1.165) is 5.56 Å². The highest BCUT2D eigenvalue weighted by atomic mass is 16.6. The number of aryl methyl sites for hydroxylation is 1. The maximum absolute atomic E-state index is 13.6. The fraction of sp³-hybridized carbons (Fsp3) is 0.115. The number of aromatic nitrogens is 2. The van der Waals surface area contributed by atoms with Crippen molar-refractivity contribution in [2.75, 3.05) is 12.4 Å². The number of anilines is 1. The first-order chi connectivity index (χ1) is 16.9. The van der Waals surface area contributed by atoms with Gasteiger partial charge in [0.15, 0.2) is 0 Å². The van der Waals surface area contributed by atoms with Crippen LogP contribution in [0.1, 0.15) is 17.3 Å². The van der Waals surface area contributed by atoms with Gasteiger partial charge >= 0.3 is 0 Å². The molecule has 0 saturated carbocycles. The summed E-state index contributed by atoms with van der Waals surface area (Å²) < 4.78 is 6.28. The summed E-state index contributed by atoms with van der Waals surface area (Å²) in [4.78, 5) is 38.0. The third-order valence-corrected chi connectivity index (χ3v) is 5.44. The lowest BCUT2D eigenvalue weighted by molar-refractivity contribution is -0.384. The van der Waals surface area contributed by atoms with Crippen LogP contribution in [0.3, 0.4) is 0 Å². The van der Waals surface area contributed by atoms with Gasteiger partial charge in [0.1, 0.15) is 17.0 Å². The van der Waals surface area contributed by atoms with E-state index in [0.29, 0.717) is 16.8 Å². The SMILES string of the molecule is CCn1nc(-c2ccccc2)c(-c2ccccc2)c(C(=O)Nc2ccc(OC)cc2[N+](=O)[O-])c1=O. The molecular weight excluding hydrogens is 448 g/mol. The first-order valence-corrected chi connectivity index (χ1v) is 10.8. The largest absolute Gasteiger partial charge is 0.496 e. The predicted octanol–water partition coefficient (Wildman–Crippen LogP) is 4.77.